The molecule has 0 radical (unpaired) electrons. The van der Waals surface area contributed by atoms with Gasteiger partial charge >= 0.3 is 5.97 Å². The highest BCUT2D eigenvalue weighted by molar-refractivity contribution is 9.10. The van der Waals surface area contributed by atoms with Gasteiger partial charge in [0.15, 0.2) is 0 Å². The molecule has 4 aromatic rings. The summed E-state index contributed by atoms with van der Waals surface area (Å²) in [7, 11) is 1.57. The number of ether oxygens (including phenoxy) is 3. The summed E-state index contributed by atoms with van der Waals surface area (Å²) >= 11 is 3.49. The summed E-state index contributed by atoms with van der Waals surface area (Å²) in [6.07, 6.45) is 0.882. The zero-order chi connectivity index (χ0) is 26.3. The molecule has 3 aromatic carbocycles. The fraction of sp³-hybridized carbons (Fsp3) is 0.172. The van der Waals surface area contributed by atoms with Gasteiger partial charge in [0.05, 0.1) is 13.0 Å². The average Bonchev–Trinajstić information content (AvgIpc) is 3.23. The SMILES string of the molecule is CCc1ccc2oc(C(=O)Oc3ccc4c(c3)OC(N)=C(C#N)C4c3cc(Br)ccc3OC)c(C)c2c1. The maximum atomic E-state index is 13.0. The summed E-state index contributed by atoms with van der Waals surface area (Å²) < 4.78 is 23.6. The third-order valence-electron chi connectivity index (χ3n) is 6.50. The van der Waals surface area contributed by atoms with E-state index >= 15 is 0 Å². The molecule has 0 spiro atoms. The highest BCUT2D eigenvalue weighted by Crippen LogP contribution is 2.46. The van der Waals surface area contributed by atoms with Crippen LogP contribution in [0.2, 0.25) is 0 Å². The first-order chi connectivity index (χ1) is 17.8. The summed E-state index contributed by atoms with van der Waals surface area (Å²) in [5.41, 5.74) is 10.3. The summed E-state index contributed by atoms with van der Waals surface area (Å²) in [4.78, 5) is 13.0. The lowest BCUT2D eigenvalue weighted by Crippen LogP contribution is -2.21. The molecular weight excluding hydrogens is 536 g/mol. The van der Waals surface area contributed by atoms with Crippen molar-refractivity contribution in [2.75, 3.05) is 7.11 Å². The van der Waals surface area contributed by atoms with E-state index in [4.69, 9.17) is 24.4 Å². The maximum Gasteiger partial charge on any atom is 0.379 e. The van der Waals surface area contributed by atoms with Crippen LogP contribution in [0.4, 0.5) is 0 Å². The van der Waals surface area contributed by atoms with Gasteiger partial charge in [0.25, 0.3) is 0 Å². The molecule has 0 saturated heterocycles. The van der Waals surface area contributed by atoms with Gasteiger partial charge in [-0.05, 0) is 55.3 Å². The van der Waals surface area contributed by atoms with Crippen molar-refractivity contribution in [1.29, 1.82) is 5.26 Å². The molecule has 0 fully saturated rings. The molecule has 2 heterocycles. The Morgan fingerprint density at radius 3 is 2.68 bits per heavy atom. The monoisotopic (exact) mass is 558 g/mol. The van der Waals surface area contributed by atoms with Crippen molar-refractivity contribution in [2.45, 2.75) is 26.2 Å². The number of halogens is 1. The van der Waals surface area contributed by atoms with Gasteiger partial charge in [0.1, 0.15) is 34.5 Å². The number of fused-ring (bicyclic) bond motifs is 2. The van der Waals surface area contributed by atoms with Crippen LogP contribution >= 0.6 is 15.9 Å². The van der Waals surface area contributed by atoms with Crippen LogP contribution in [0.25, 0.3) is 11.0 Å². The van der Waals surface area contributed by atoms with Crippen molar-refractivity contribution >= 4 is 32.9 Å². The molecule has 0 bridgehead atoms. The van der Waals surface area contributed by atoms with E-state index in [0.29, 0.717) is 22.6 Å². The van der Waals surface area contributed by atoms with E-state index in [1.807, 2.05) is 43.3 Å². The molecule has 0 saturated carbocycles. The number of hydrogen-bond acceptors (Lipinski definition) is 7. The first-order valence-electron chi connectivity index (χ1n) is 11.6. The van der Waals surface area contributed by atoms with Gasteiger partial charge in [-0.2, -0.15) is 5.26 Å². The van der Waals surface area contributed by atoms with E-state index in [0.717, 1.165) is 33.0 Å². The van der Waals surface area contributed by atoms with E-state index in [-0.39, 0.29) is 23.0 Å². The average molecular weight is 559 g/mol. The number of aryl methyl sites for hydroxylation is 2. The van der Waals surface area contributed by atoms with E-state index in [1.54, 1.807) is 25.3 Å². The zero-order valence-electron chi connectivity index (χ0n) is 20.4. The van der Waals surface area contributed by atoms with Crippen molar-refractivity contribution in [1.82, 2.24) is 0 Å². The Bertz CT molecular complexity index is 1630. The second-order valence-corrected chi connectivity index (χ2v) is 9.56. The third kappa shape index (κ3) is 4.32. The molecule has 5 rings (SSSR count). The minimum absolute atomic E-state index is 0.0228. The van der Waals surface area contributed by atoms with Gasteiger partial charge in [-0.15, -0.1) is 0 Å². The number of benzene rings is 3. The van der Waals surface area contributed by atoms with Crippen LogP contribution in [-0.4, -0.2) is 13.1 Å². The van der Waals surface area contributed by atoms with Crippen LogP contribution in [0.1, 0.15) is 45.7 Å². The van der Waals surface area contributed by atoms with Crippen LogP contribution in [0.15, 0.2) is 74.9 Å². The minimum atomic E-state index is -0.617. The zero-order valence-corrected chi connectivity index (χ0v) is 22.0. The molecule has 37 heavy (non-hydrogen) atoms. The molecule has 1 aliphatic rings. The molecule has 1 aliphatic heterocycles. The lowest BCUT2D eigenvalue weighted by molar-refractivity contribution is 0.0702. The van der Waals surface area contributed by atoms with Gasteiger partial charge in [0.2, 0.25) is 11.6 Å². The first-order valence-corrected chi connectivity index (χ1v) is 12.4. The minimum Gasteiger partial charge on any atom is -0.496 e. The molecule has 8 heteroatoms. The van der Waals surface area contributed by atoms with Gasteiger partial charge in [-0.25, -0.2) is 4.79 Å². The summed E-state index contributed by atoms with van der Waals surface area (Å²) in [5.74, 6) is 0.206. The van der Waals surface area contributed by atoms with E-state index in [1.165, 1.54) is 0 Å². The third-order valence-corrected chi connectivity index (χ3v) is 6.99. The summed E-state index contributed by atoms with van der Waals surface area (Å²) in [5, 5.41) is 10.8. The molecule has 1 unspecified atom stereocenters. The predicted octanol–water partition coefficient (Wildman–Crippen LogP) is 6.51. The summed E-state index contributed by atoms with van der Waals surface area (Å²) in [6.45, 7) is 3.91. The number of esters is 1. The molecular formula is C29H23BrN2O5. The number of nitrogens with two attached hydrogens (primary N) is 1. The molecule has 186 valence electrons. The number of methoxy groups -OCH3 is 1. The second-order valence-electron chi connectivity index (χ2n) is 8.64. The second kappa shape index (κ2) is 9.68. The molecule has 2 N–H and O–H groups in total. The normalized spacial score (nSPS) is 14.6. The fourth-order valence-electron chi connectivity index (χ4n) is 4.59. The van der Waals surface area contributed by atoms with E-state index < -0.39 is 11.9 Å². The Morgan fingerprint density at radius 2 is 1.95 bits per heavy atom. The number of nitriles is 1. The lowest BCUT2D eigenvalue weighted by atomic mass is 9.83. The van der Waals surface area contributed by atoms with Crippen molar-refractivity contribution in [3.8, 4) is 23.3 Å². The van der Waals surface area contributed by atoms with E-state index in [9.17, 15) is 10.1 Å². The van der Waals surface area contributed by atoms with Crippen LogP contribution < -0.4 is 19.9 Å². The number of allylic oxidation sites excluding steroid dienone is 1. The number of carbonyl (C=O) groups excluding carboxylic acids is 1. The largest absolute Gasteiger partial charge is 0.496 e. The smallest absolute Gasteiger partial charge is 0.379 e. The van der Waals surface area contributed by atoms with Crippen molar-refractivity contribution in [2.24, 2.45) is 5.73 Å². The predicted molar refractivity (Wildman–Crippen MR) is 142 cm³/mol. The van der Waals surface area contributed by atoms with Crippen molar-refractivity contribution in [3.63, 3.8) is 0 Å². The Labute approximate surface area is 222 Å². The maximum absolute atomic E-state index is 13.0. The molecule has 0 amide bonds. The standard InChI is InChI=1S/C29H23BrN2O5/c1-4-16-5-9-24-20(11-16)15(2)27(36-24)29(33)35-18-7-8-19-25(13-18)37-28(32)22(14-31)26(19)21-12-17(30)6-10-23(21)34-3/h5-13,26H,4,32H2,1-3H3. The van der Waals surface area contributed by atoms with E-state index in [2.05, 4.69) is 28.9 Å². The molecule has 0 aliphatic carbocycles. The highest BCUT2D eigenvalue weighted by atomic mass is 79.9. The van der Waals surface area contributed by atoms with Crippen LogP contribution in [0, 0.1) is 18.3 Å². The first kappa shape index (κ1) is 24.5. The van der Waals surface area contributed by atoms with Gasteiger partial charge in [-0.1, -0.05) is 35.0 Å². The number of hydrogen-bond donors (Lipinski definition) is 1. The Hall–Kier alpha value is -4.22. The van der Waals surface area contributed by atoms with Crippen LogP contribution in [-0.2, 0) is 6.42 Å². The summed E-state index contributed by atoms with van der Waals surface area (Å²) in [6, 6.07) is 18.6. The van der Waals surface area contributed by atoms with Gasteiger partial charge in [0, 0.05) is 32.6 Å². The number of furan rings is 1. The molecule has 1 aromatic heterocycles. The number of nitrogens with zero attached hydrogens (tertiary/aromatic N) is 1. The highest BCUT2D eigenvalue weighted by Gasteiger charge is 2.33. The van der Waals surface area contributed by atoms with Gasteiger partial charge < -0.3 is 24.4 Å². The number of rotatable bonds is 5. The lowest BCUT2D eigenvalue weighted by Gasteiger charge is -2.27. The van der Waals surface area contributed by atoms with Crippen molar-refractivity contribution in [3.05, 3.63) is 98.5 Å². The van der Waals surface area contributed by atoms with Crippen molar-refractivity contribution < 1.29 is 23.4 Å². The quantitative estimate of drug-likeness (QED) is 0.219. The molecule has 7 nitrogen and oxygen atoms in total. The Kier molecular flexibility index (Phi) is 6.40. The Balaban J connectivity index is 1.51. The number of carbonyl (C=O) groups is 1. The fourth-order valence-corrected chi connectivity index (χ4v) is 4.96. The topological polar surface area (TPSA) is 108 Å². The van der Waals surface area contributed by atoms with Crippen LogP contribution in [0.3, 0.4) is 0 Å². The Morgan fingerprint density at radius 1 is 1.14 bits per heavy atom. The molecule has 1 atom stereocenters. The van der Waals surface area contributed by atoms with Gasteiger partial charge in [-0.3, -0.25) is 0 Å². The van der Waals surface area contributed by atoms with Crippen LogP contribution in [0.5, 0.6) is 17.2 Å².